The molecule has 9 heavy (non-hydrogen) atoms. The van der Waals surface area contributed by atoms with Crippen LogP contribution in [0.25, 0.3) is 0 Å². The van der Waals surface area contributed by atoms with Crippen LogP contribution in [0, 0.1) is 11.8 Å². The fraction of sp³-hybridized carbons (Fsp3) is 1.00. The van der Waals surface area contributed by atoms with Crippen LogP contribution >= 0.6 is 0 Å². The third kappa shape index (κ3) is 0.852. The first-order valence-corrected chi connectivity index (χ1v) is 3.51. The maximum absolute atomic E-state index is 9.04. The van der Waals surface area contributed by atoms with Crippen molar-refractivity contribution in [3.8, 4) is 0 Å². The highest BCUT2D eigenvalue weighted by Gasteiger charge is 2.35. The van der Waals surface area contributed by atoms with Gasteiger partial charge in [-0.3, -0.25) is 0 Å². The minimum absolute atomic E-state index is 0.718. The summed E-state index contributed by atoms with van der Waals surface area (Å²) in [5.41, 5.74) is 0. The van der Waals surface area contributed by atoms with Crippen molar-refractivity contribution >= 4 is 0 Å². The van der Waals surface area contributed by atoms with Crippen molar-refractivity contribution in [2.45, 2.75) is 0 Å². The normalized spacial score (nSPS) is 43.7. The van der Waals surface area contributed by atoms with Gasteiger partial charge in [0, 0.05) is 13.1 Å². The molecule has 0 saturated carbocycles. The number of fused-ring (bicyclic) bond motifs is 1. The van der Waals surface area contributed by atoms with E-state index in [4.69, 9.17) is 5.21 Å². The van der Waals surface area contributed by atoms with Crippen molar-refractivity contribution in [3.63, 3.8) is 0 Å². The van der Waals surface area contributed by atoms with Gasteiger partial charge in [-0.05, 0) is 24.9 Å². The van der Waals surface area contributed by atoms with Crippen molar-refractivity contribution in [3.05, 3.63) is 0 Å². The number of rotatable bonds is 0. The molecule has 0 amide bonds. The second-order valence-corrected chi connectivity index (χ2v) is 3.05. The van der Waals surface area contributed by atoms with Gasteiger partial charge in [-0.1, -0.05) is 0 Å². The lowest BCUT2D eigenvalue weighted by Crippen LogP contribution is -2.22. The zero-order valence-electron chi connectivity index (χ0n) is 5.38. The van der Waals surface area contributed by atoms with Crippen LogP contribution in [-0.4, -0.2) is 36.4 Å². The molecule has 2 aliphatic rings. The average molecular weight is 128 g/mol. The van der Waals surface area contributed by atoms with Gasteiger partial charge in [0.25, 0.3) is 0 Å². The molecular weight excluding hydrogens is 116 g/mol. The minimum atomic E-state index is 0.718. The van der Waals surface area contributed by atoms with Crippen LogP contribution < -0.4 is 5.32 Å². The molecule has 52 valence electrons. The first-order valence-electron chi connectivity index (χ1n) is 3.51. The molecule has 2 rings (SSSR count). The van der Waals surface area contributed by atoms with E-state index in [9.17, 15) is 0 Å². The smallest absolute Gasteiger partial charge is 0.0282 e. The number of nitrogens with one attached hydrogen (secondary N) is 1. The number of nitrogens with zero attached hydrogens (tertiary/aromatic N) is 1. The summed E-state index contributed by atoms with van der Waals surface area (Å²) in [5, 5.41) is 13.8. The van der Waals surface area contributed by atoms with E-state index in [2.05, 4.69) is 5.32 Å². The predicted octanol–water partition coefficient (Wildman–Crippen LogP) is -0.473. The lowest BCUT2D eigenvalue weighted by Gasteiger charge is -2.05. The molecular formula is C6H12N2O. The summed E-state index contributed by atoms with van der Waals surface area (Å²) in [6.45, 7) is 3.94. The van der Waals surface area contributed by atoms with Gasteiger partial charge < -0.3 is 10.5 Å². The lowest BCUT2D eigenvalue weighted by molar-refractivity contribution is -0.0745. The molecule has 0 aliphatic carbocycles. The molecule has 0 aromatic carbocycles. The Hall–Kier alpha value is -0.120. The maximum Gasteiger partial charge on any atom is 0.0282 e. The molecule has 0 spiro atoms. The topological polar surface area (TPSA) is 35.5 Å². The van der Waals surface area contributed by atoms with Gasteiger partial charge in [0.2, 0.25) is 0 Å². The highest BCUT2D eigenvalue weighted by Crippen LogP contribution is 2.24. The van der Waals surface area contributed by atoms with Gasteiger partial charge in [-0.25, -0.2) is 0 Å². The largest absolute Gasteiger partial charge is 0.316 e. The van der Waals surface area contributed by atoms with Gasteiger partial charge in [-0.2, -0.15) is 5.06 Å². The number of hydrogen-bond acceptors (Lipinski definition) is 3. The highest BCUT2D eigenvalue weighted by atomic mass is 16.5. The molecule has 0 aromatic rings. The second kappa shape index (κ2) is 1.94. The zero-order valence-corrected chi connectivity index (χ0v) is 5.38. The first kappa shape index (κ1) is 5.65. The Morgan fingerprint density at radius 1 is 1.22 bits per heavy atom. The Bertz CT molecular complexity index is 106. The van der Waals surface area contributed by atoms with Crippen LogP contribution in [-0.2, 0) is 0 Å². The van der Waals surface area contributed by atoms with E-state index in [0.29, 0.717) is 0 Å². The lowest BCUT2D eigenvalue weighted by atomic mass is 10.0. The summed E-state index contributed by atoms with van der Waals surface area (Å²) in [6.07, 6.45) is 0. The third-order valence-electron chi connectivity index (χ3n) is 2.37. The van der Waals surface area contributed by atoms with E-state index in [0.717, 1.165) is 38.0 Å². The minimum Gasteiger partial charge on any atom is -0.316 e. The fourth-order valence-electron chi connectivity index (χ4n) is 1.83. The second-order valence-electron chi connectivity index (χ2n) is 3.05. The van der Waals surface area contributed by atoms with E-state index >= 15 is 0 Å². The molecule has 2 heterocycles. The summed E-state index contributed by atoms with van der Waals surface area (Å²) in [7, 11) is 0. The van der Waals surface area contributed by atoms with Crippen molar-refractivity contribution in [2.75, 3.05) is 26.2 Å². The van der Waals surface area contributed by atoms with Gasteiger partial charge in [0.15, 0.2) is 0 Å². The fourth-order valence-corrected chi connectivity index (χ4v) is 1.83. The summed E-state index contributed by atoms with van der Waals surface area (Å²) in [6, 6.07) is 0. The Morgan fingerprint density at radius 3 is 2.33 bits per heavy atom. The van der Waals surface area contributed by atoms with Gasteiger partial charge in [0.1, 0.15) is 0 Å². The summed E-state index contributed by atoms with van der Waals surface area (Å²) in [4.78, 5) is 0. The molecule has 0 bridgehead atoms. The summed E-state index contributed by atoms with van der Waals surface area (Å²) < 4.78 is 0. The van der Waals surface area contributed by atoms with E-state index in [1.165, 1.54) is 5.06 Å². The molecule has 3 heteroatoms. The molecule has 2 N–H and O–H groups in total. The molecule has 0 aromatic heterocycles. The SMILES string of the molecule is ON1CC2CNCC2C1. The van der Waals surface area contributed by atoms with E-state index in [-0.39, 0.29) is 0 Å². The monoisotopic (exact) mass is 128 g/mol. The van der Waals surface area contributed by atoms with E-state index in [1.807, 2.05) is 0 Å². The van der Waals surface area contributed by atoms with Crippen LogP contribution in [0.3, 0.4) is 0 Å². The Labute approximate surface area is 54.6 Å². The molecule has 2 fully saturated rings. The van der Waals surface area contributed by atoms with Crippen molar-refractivity contribution in [2.24, 2.45) is 11.8 Å². The van der Waals surface area contributed by atoms with Crippen LogP contribution in [0.2, 0.25) is 0 Å². The van der Waals surface area contributed by atoms with E-state index in [1.54, 1.807) is 0 Å². The van der Waals surface area contributed by atoms with Crippen molar-refractivity contribution in [1.29, 1.82) is 0 Å². The molecule has 2 unspecified atom stereocenters. The van der Waals surface area contributed by atoms with Crippen LogP contribution in [0.1, 0.15) is 0 Å². The number of hydroxylamine groups is 2. The zero-order chi connectivity index (χ0) is 6.27. The molecule has 2 aliphatic heterocycles. The summed E-state index contributed by atoms with van der Waals surface area (Å²) in [5.74, 6) is 1.44. The standard InChI is InChI=1S/C6H12N2O/c9-8-3-5-1-7-2-6(5)4-8/h5-7,9H,1-4H2. The van der Waals surface area contributed by atoms with Gasteiger partial charge in [-0.15, -0.1) is 0 Å². The highest BCUT2D eigenvalue weighted by molar-refractivity contribution is 4.88. The van der Waals surface area contributed by atoms with Crippen LogP contribution in [0.5, 0.6) is 0 Å². The van der Waals surface area contributed by atoms with Crippen LogP contribution in [0.4, 0.5) is 0 Å². The summed E-state index contributed by atoms with van der Waals surface area (Å²) >= 11 is 0. The Balaban J connectivity index is 2.02. The Kier molecular flexibility index (Phi) is 1.22. The van der Waals surface area contributed by atoms with Crippen LogP contribution in [0.15, 0.2) is 0 Å². The Morgan fingerprint density at radius 2 is 1.78 bits per heavy atom. The molecule has 2 atom stereocenters. The quantitative estimate of drug-likeness (QED) is 0.463. The third-order valence-corrected chi connectivity index (χ3v) is 2.37. The van der Waals surface area contributed by atoms with Gasteiger partial charge >= 0.3 is 0 Å². The van der Waals surface area contributed by atoms with Crippen molar-refractivity contribution in [1.82, 2.24) is 10.4 Å². The molecule has 3 nitrogen and oxygen atoms in total. The first-order chi connectivity index (χ1) is 4.36. The van der Waals surface area contributed by atoms with Gasteiger partial charge in [0.05, 0.1) is 0 Å². The maximum atomic E-state index is 9.04. The van der Waals surface area contributed by atoms with Crippen molar-refractivity contribution < 1.29 is 5.21 Å². The number of hydrogen-bond donors (Lipinski definition) is 2. The van der Waals surface area contributed by atoms with E-state index < -0.39 is 0 Å². The average Bonchev–Trinajstić information content (AvgIpc) is 2.22. The molecule has 2 saturated heterocycles. The predicted molar refractivity (Wildman–Crippen MR) is 33.2 cm³/mol. The molecule has 0 radical (unpaired) electrons.